The molecule has 4 unspecified atom stereocenters. The fraction of sp³-hybridized carbons (Fsp3) is 0.318. The number of hydrogen-bond donors (Lipinski definition) is 6. The van der Waals surface area contributed by atoms with Gasteiger partial charge in [0.1, 0.15) is 37.8 Å². The van der Waals surface area contributed by atoms with Crippen molar-refractivity contribution >= 4 is 36.1 Å². The molecule has 1 aliphatic carbocycles. The zero-order chi connectivity index (χ0) is 26.0. The molecule has 0 saturated heterocycles. The normalized spacial score (nSPS) is 20.3. The number of halogens is 1. The Morgan fingerprint density at radius 1 is 1.17 bits per heavy atom. The molecule has 12 nitrogen and oxygen atoms in total. The standard InChI is InChI=1S/C22H20BFN6O6/c1-9-2-15(18(31)21(23,33)22(34,35)36)25-7-13(9)11-3-10-6-26-17(29-20(32)12-4-14(12)24)5-16(10)30-19(11)27-8-28-30/h2-3,5-8,12,14,18,31,33-36H,4H2,1H3,(H,26,29,32). The number of anilines is 1. The van der Waals surface area contributed by atoms with Gasteiger partial charge in [-0.3, -0.25) is 9.78 Å². The highest BCUT2D eigenvalue weighted by Gasteiger charge is 2.49. The lowest BCUT2D eigenvalue weighted by molar-refractivity contribution is -0.383. The first kappa shape index (κ1) is 24.2. The number of pyridine rings is 3. The Kier molecular flexibility index (Phi) is 5.53. The van der Waals surface area contributed by atoms with Crippen LogP contribution in [0.5, 0.6) is 0 Å². The smallest absolute Gasteiger partial charge is 0.299 e. The Morgan fingerprint density at radius 2 is 1.89 bits per heavy atom. The number of aliphatic hydroxyl groups excluding tert-OH is 1. The molecule has 1 amide bonds. The third-order valence-corrected chi connectivity index (χ3v) is 6.19. The zero-order valence-corrected chi connectivity index (χ0v) is 18.7. The number of rotatable bonds is 6. The first-order valence-corrected chi connectivity index (χ1v) is 10.8. The highest BCUT2D eigenvalue weighted by atomic mass is 19.1. The lowest BCUT2D eigenvalue weighted by Crippen LogP contribution is -2.58. The summed E-state index contributed by atoms with van der Waals surface area (Å²) in [7, 11) is 5.30. The average Bonchev–Trinajstić information content (AvgIpc) is 3.34. The summed E-state index contributed by atoms with van der Waals surface area (Å²) in [6, 6.07) is 4.73. The molecule has 4 atom stereocenters. The van der Waals surface area contributed by atoms with E-state index in [-0.39, 0.29) is 17.9 Å². The molecule has 4 aromatic heterocycles. The molecule has 1 aliphatic rings. The zero-order valence-electron chi connectivity index (χ0n) is 18.7. The molecule has 14 heteroatoms. The number of nitrogens with one attached hydrogen (secondary N) is 1. The van der Waals surface area contributed by atoms with Gasteiger partial charge < -0.3 is 30.8 Å². The fourth-order valence-electron chi connectivity index (χ4n) is 3.91. The molecule has 36 heavy (non-hydrogen) atoms. The number of aromatic nitrogens is 5. The van der Waals surface area contributed by atoms with E-state index in [1.807, 2.05) is 0 Å². The molecule has 0 bridgehead atoms. The molecule has 4 heterocycles. The van der Waals surface area contributed by atoms with E-state index in [9.17, 15) is 34.7 Å². The Morgan fingerprint density at radius 3 is 2.53 bits per heavy atom. The summed E-state index contributed by atoms with van der Waals surface area (Å²) in [5, 5.41) is 55.6. The molecule has 1 saturated carbocycles. The van der Waals surface area contributed by atoms with Gasteiger partial charge in [0.05, 0.1) is 17.1 Å². The monoisotopic (exact) mass is 494 g/mol. The Balaban J connectivity index is 1.53. The van der Waals surface area contributed by atoms with Crippen molar-refractivity contribution in [3.8, 4) is 11.1 Å². The lowest BCUT2D eigenvalue weighted by Gasteiger charge is -2.36. The van der Waals surface area contributed by atoms with Gasteiger partial charge in [0.2, 0.25) is 5.91 Å². The summed E-state index contributed by atoms with van der Waals surface area (Å²) < 4.78 is 14.7. The van der Waals surface area contributed by atoms with Gasteiger partial charge in [0.25, 0.3) is 5.97 Å². The number of hydrogen-bond acceptors (Lipinski definition) is 10. The molecule has 6 N–H and O–H groups in total. The number of carbonyl (C=O) groups excluding carboxylic acids is 1. The van der Waals surface area contributed by atoms with Crippen molar-refractivity contribution in [2.75, 3.05) is 5.32 Å². The van der Waals surface area contributed by atoms with Gasteiger partial charge in [0.15, 0.2) is 5.65 Å². The van der Waals surface area contributed by atoms with Gasteiger partial charge in [0, 0.05) is 35.0 Å². The van der Waals surface area contributed by atoms with E-state index in [0.29, 0.717) is 33.2 Å². The highest BCUT2D eigenvalue weighted by molar-refractivity contribution is 6.15. The molecular formula is C22H20BFN6O6. The van der Waals surface area contributed by atoms with Crippen molar-refractivity contribution in [3.05, 3.63) is 48.2 Å². The Bertz CT molecular complexity index is 1510. The van der Waals surface area contributed by atoms with Crippen molar-refractivity contribution in [1.29, 1.82) is 0 Å². The third kappa shape index (κ3) is 3.98. The Hall–Kier alpha value is -3.56. The molecule has 184 valence electrons. The van der Waals surface area contributed by atoms with Crippen LogP contribution in [0.2, 0.25) is 0 Å². The summed E-state index contributed by atoms with van der Waals surface area (Å²) in [5.41, 5.74) is -0.734. The predicted octanol–water partition coefficient (Wildman–Crippen LogP) is -0.534. The summed E-state index contributed by atoms with van der Waals surface area (Å²) >= 11 is 0. The van der Waals surface area contributed by atoms with Crippen LogP contribution in [-0.4, -0.2) is 81.5 Å². The lowest BCUT2D eigenvalue weighted by atomic mass is 9.73. The second-order valence-electron chi connectivity index (χ2n) is 8.82. The van der Waals surface area contributed by atoms with Gasteiger partial charge in [-0.25, -0.2) is 18.9 Å². The van der Waals surface area contributed by atoms with Crippen LogP contribution in [0.4, 0.5) is 10.2 Å². The number of aryl methyl sites for hydroxylation is 1. The van der Waals surface area contributed by atoms with Gasteiger partial charge >= 0.3 is 0 Å². The second kappa shape index (κ2) is 8.25. The van der Waals surface area contributed by atoms with Crippen LogP contribution in [0, 0.1) is 12.8 Å². The molecule has 0 aromatic carbocycles. The minimum atomic E-state index is -3.79. The molecule has 1 fully saturated rings. The molecule has 0 spiro atoms. The number of alkyl halides is 1. The summed E-state index contributed by atoms with van der Waals surface area (Å²) in [6.07, 6.45) is 1.15. The number of fused-ring (bicyclic) bond motifs is 3. The maximum atomic E-state index is 13.2. The van der Waals surface area contributed by atoms with Crippen LogP contribution >= 0.6 is 0 Å². The number of carbonyl (C=O) groups is 1. The van der Waals surface area contributed by atoms with Gasteiger partial charge in [-0.15, -0.1) is 0 Å². The summed E-state index contributed by atoms with van der Waals surface area (Å²) in [5.74, 6) is -4.64. The van der Waals surface area contributed by atoms with E-state index in [1.165, 1.54) is 29.3 Å². The van der Waals surface area contributed by atoms with E-state index >= 15 is 0 Å². The van der Waals surface area contributed by atoms with Crippen LogP contribution in [0.25, 0.3) is 27.7 Å². The van der Waals surface area contributed by atoms with E-state index in [2.05, 4.69) is 25.4 Å². The van der Waals surface area contributed by atoms with E-state index in [4.69, 9.17) is 7.85 Å². The van der Waals surface area contributed by atoms with Gasteiger partial charge in [-0.2, -0.15) is 5.10 Å². The summed E-state index contributed by atoms with van der Waals surface area (Å²) in [4.78, 5) is 24.7. The van der Waals surface area contributed by atoms with Gasteiger partial charge in [-0.05, 0) is 31.0 Å². The third-order valence-electron chi connectivity index (χ3n) is 6.19. The Labute approximate surface area is 203 Å². The van der Waals surface area contributed by atoms with Crippen LogP contribution in [0.15, 0.2) is 36.9 Å². The van der Waals surface area contributed by atoms with Crippen LogP contribution in [0.1, 0.15) is 23.8 Å². The van der Waals surface area contributed by atoms with Crippen LogP contribution < -0.4 is 5.32 Å². The number of aliphatic hydroxyl groups is 5. The SMILES string of the molecule is [B]C(O)(C(O)c1cc(C)c(-c2cc3cnc(NC(=O)C4CC4F)cc3n3ncnc23)cn1)C(O)(O)O. The quantitative estimate of drug-likeness (QED) is 0.150. The summed E-state index contributed by atoms with van der Waals surface area (Å²) in [6.45, 7) is 1.68. The maximum Gasteiger partial charge on any atom is 0.299 e. The largest absolute Gasteiger partial charge is 0.388 e. The minimum Gasteiger partial charge on any atom is -0.388 e. The van der Waals surface area contributed by atoms with Crippen molar-refractivity contribution in [1.82, 2.24) is 24.6 Å². The highest BCUT2D eigenvalue weighted by Crippen LogP contribution is 2.36. The molecule has 4 aromatic rings. The molecule has 5 rings (SSSR count). The van der Waals surface area contributed by atoms with Crippen LogP contribution in [0.3, 0.4) is 0 Å². The second-order valence-corrected chi connectivity index (χ2v) is 8.82. The molecule has 0 aliphatic heterocycles. The van der Waals surface area contributed by atoms with Crippen molar-refractivity contribution in [3.63, 3.8) is 0 Å². The van der Waals surface area contributed by atoms with Crippen molar-refractivity contribution in [2.45, 2.75) is 37.1 Å². The average molecular weight is 494 g/mol. The molecular weight excluding hydrogens is 474 g/mol. The van der Waals surface area contributed by atoms with Crippen molar-refractivity contribution in [2.24, 2.45) is 5.92 Å². The van der Waals surface area contributed by atoms with Crippen LogP contribution in [-0.2, 0) is 4.79 Å². The van der Waals surface area contributed by atoms with E-state index < -0.39 is 35.6 Å². The van der Waals surface area contributed by atoms with Gasteiger partial charge in [-0.1, -0.05) is 0 Å². The molecule has 2 radical (unpaired) electrons. The minimum absolute atomic E-state index is 0.199. The number of nitrogens with zero attached hydrogens (tertiary/aromatic N) is 5. The topological polar surface area (TPSA) is 186 Å². The maximum absolute atomic E-state index is 13.2. The number of amides is 1. The van der Waals surface area contributed by atoms with E-state index in [0.717, 1.165) is 0 Å². The first-order valence-electron chi connectivity index (χ1n) is 10.8. The first-order chi connectivity index (χ1) is 16.9. The fourth-order valence-corrected chi connectivity index (χ4v) is 3.91. The van der Waals surface area contributed by atoms with E-state index in [1.54, 1.807) is 19.1 Å². The predicted molar refractivity (Wildman–Crippen MR) is 123 cm³/mol. The van der Waals surface area contributed by atoms with Crippen molar-refractivity contribution < 1.29 is 34.7 Å².